The number of carbonyl (C=O) groups excluding carboxylic acids is 1. The van der Waals surface area contributed by atoms with Gasteiger partial charge in [0.2, 0.25) is 0 Å². The highest BCUT2D eigenvalue weighted by Crippen LogP contribution is 2.21. The lowest BCUT2D eigenvalue weighted by Crippen LogP contribution is -2.46. The Bertz CT molecular complexity index is 244. The summed E-state index contributed by atoms with van der Waals surface area (Å²) in [5.74, 6) is 0.469. The lowest BCUT2D eigenvalue weighted by molar-refractivity contribution is -0.144. The highest BCUT2D eigenvalue weighted by atomic mass is 16.5. The molecule has 1 heterocycles. The minimum atomic E-state index is -0.0945. The summed E-state index contributed by atoms with van der Waals surface area (Å²) >= 11 is 0. The lowest BCUT2D eigenvalue weighted by atomic mass is 9.91. The fraction of sp³-hybridized carbons (Fsp3) is 0.923. The SMILES string of the molecule is CCOC(=O)CC(C)N1CCCC(C(C)N)C1. The van der Waals surface area contributed by atoms with Crippen LogP contribution in [0, 0.1) is 5.92 Å². The van der Waals surface area contributed by atoms with Crippen LogP contribution in [-0.4, -0.2) is 42.6 Å². The van der Waals surface area contributed by atoms with Gasteiger partial charge in [0.05, 0.1) is 13.0 Å². The summed E-state index contributed by atoms with van der Waals surface area (Å²) in [7, 11) is 0. The molecule has 0 saturated carbocycles. The Balaban J connectivity index is 2.40. The Morgan fingerprint density at radius 3 is 2.82 bits per heavy atom. The van der Waals surface area contributed by atoms with Crippen LogP contribution >= 0.6 is 0 Å². The van der Waals surface area contributed by atoms with Gasteiger partial charge in [-0.1, -0.05) is 0 Å². The van der Waals surface area contributed by atoms with Crippen molar-refractivity contribution in [2.75, 3.05) is 19.7 Å². The highest BCUT2D eigenvalue weighted by Gasteiger charge is 2.26. The third kappa shape index (κ3) is 4.64. The third-order valence-corrected chi connectivity index (χ3v) is 3.62. The first kappa shape index (κ1) is 14.5. The minimum absolute atomic E-state index is 0.0945. The maximum absolute atomic E-state index is 11.4. The van der Waals surface area contributed by atoms with Gasteiger partial charge in [-0.25, -0.2) is 0 Å². The van der Waals surface area contributed by atoms with Crippen LogP contribution in [0.3, 0.4) is 0 Å². The fourth-order valence-electron chi connectivity index (χ4n) is 2.46. The molecule has 1 rings (SSSR count). The van der Waals surface area contributed by atoms with E-state index in [0.717, 1.165) is 13.1 Å². The number of hydrogen-bond acceptors (Lipinski definition) is 4. The lowest BCUT2D eigenvalue weighted by Gasteiger charge is -2.38. The van der Waals surface area contributed by atoms with Crippen molar-refractivity contribution in [2.24, 2.45) is 11.7 Å². The van der Waals surface area contributed by atoms with Gasteiger partial charge < -0.3 is 10.5 Å². The molecule has 0 radical (unpaired) electrons. The number of nitrogens with two attached hydrogens (primary N) is 1. The van der Waals surface area contributed by atoms with E-state index in [1.54, 1.807) is 0 Å². The molecular weight excluding hydrogens is 216 g/mol. The maximum atomic E-state index is 11.4. The van der Waals surface area contributed by atoms with Crippen molar-refractivity contribution in [2.45, 2.75) is 52.1 Å². The average Bonchev–Trinajstić information content (AvgIpc) is 2.29. The van der Waals surface area contributed by atoms with Crippen LogP contribution in [0.4, 0.5) is 0 Å². The van der Waals surface area contributed by atoms with Gasteiger partial charge in [0.25, 0.3) is 0 Å². The summed E-state index contributed by atoms with van der Waals surface area (Å²) in [6.45, 7) is 8.57. The molecule has 17 heavy (non-hydrogen) atoms. The summed E-state index contributed by atoms with van der Waals surface area (Å²) in [5, 5.41) is 0. The van der Waals surface area contributed by atoms with E-state index in [-0.39, 0.29) is 18.1 Å². The Morgan fingerprint density at radius 2 is 2.24 bits per heavy atom. The Morgan fingerprint density at radius 1 is 1.53 bits per heavy atom. The summed E-state index contributed by atoms with van der Waals surface area (Å²) in [4.78, 5) is 13.8. The predicted octanol–water partition coefficient (Wildman–Crippen LogP) is 1.39. The molecule has 3 atom stereocenters. The second-order valence-corrected chi connectivity index (χ2v) is 5.11. The zero-order valence-electron chi connectivity index (χ0n) is 11.3. The first-order valence-electron chi connectivity index (χ1n) is 6.69. The van der Waals surface area contributed by atoms with Gasteiger partial charge in [0.1, 0.15) is 0 Å². The smallest absolute Gasteiger partial charge is 0.307 e. The first-order chi connectivity index (χ1) is 8.04. The largest absolute Gasteiger partial charge is 0.466 e. The maximum Gasteiger partial charge on any atom is 0.307 e. The highest BCUT2D eigenvalue weighted by molar-refractivity contribution is 5.70. The molecule has 0 aliphatic carbocycles. The Labute approximate surface area is 104 Å². The van der Waals surface area contributed by atoms with Crippen molar-refractivity contribution in [3.8, 4) is 0 Å². The molecule has 0 aromatic carbocycles. The van der Waals surface area contributed by atoms with E-state index in [0.29, 0.717) is 18.9 Å². The molecule has 3 unspecified atom stereocenters. The van der Waals surface area contributed by atoms with Crippen LogP contribution in [0.25, 0.3) is 0 Å². The zero-order chi connectivity index (χ0) is 12.8. The van der Waals surface area contributed by atoms with Gasteiger partial charge >= 0.3 is 5.97 Å². The molecule has 0 amide bonds. The number of ether oxygens (including phenoxy) is 1. The number of rotatable bonds is 5. The van der Waals surface area contributed by atoms with Crippen LogP contribution in [0.2, 0.25) is 0 Å². The van der Waals surface area contributed by atoms with E-state index >= 15 is 0 Å². The molecule has 1 saturated heterocycles. The molecule has 100 valence electrons. The van der Waals surface area contributed by atoms with Crippen LogP contribution in [0.5, 0.6) is 0 Å². The number of hydrogen-bond donors (Lipinski definition) is 1. The molecule has 2 N–H and O–H groups in total. The van der Waals surface area contributed by atoms with Crippen LogP contribution in [0.1, 0.15) is 40.0 Å². The third-order valence-electron chi connectivity index (χ3n) is 3.62. The van der Waals surface area contributed by atoms with Gasteiger partial charge in [-0.3, -0.25) is 9.69 Å². The van der Waals surface area contributed by atoms with E-state index in [4.69, 9.17) is 10.5 Å². The summed E-state index contributed by atoms with van der Waals surface area (Å²) < 4.78 is 4.99. The Kier molecular flexibility index (Phi) is 5.92. The van der Waals surface area contributed by atoms with Crippen molar-refractivity contribution in [3.05, 3.63) is 0 Å². The number of likely N-dealkylation sites (tertiary alicyclic amines) is 1. The van der Waals surface area contributed by atoms with E-state index in [1.165, 1.54) is 12.8 Å². The minimum Gasteiger partial charge on any atom is -0.466 e. The molecule has 1 aliphatic heterocycles. The number of carbonyl (C=O) groups is 1. The molecule has 4 nitrogen and oxygen atoms in total. The monoisotopic (exact) mass is 242 g/mol. The molecule has 0 bridgehead atoms. The summed E-state index contributed by atoms with van der Waals surface area (Å²) in [6, 6.07) is 0.503. The zero-order valence-corrected chi connectivity index (χ0v) is 11.3. The standard InChI is InChI=1S/C13H26N2O2/c1-4-17-13(16)8-10(2)15-7-5-6-12(9-15)11(3)14/h10-12H,4-9,14H2,1-3H3. The molecule has 0 spiro atoms. The van der Waals surface area contributed by atoms with E-state index in [9.17, 15) is 4.79 Å². The van der Waals surface area contributed by atoms with Gasteiger partial charge in [-0.15, -0.1) is 0 Å². The average molecular weight is 242 g/mol. The predicted molar refractivity (Wildman–Crippen MR) is 68.7 cm³/mol. The number of nitrogens with zero attached hydrogens (tertiary/aromatic N) is 1. The number of piperidine rings is 1. The second kappa shape index (κ2) is 6.97. The van der Waals surface area contributed by atoms with Gasteiger partial charge in [0.15, 0.2) is 0 Å². The van der Waals surface area contributed by atoms with Crippen molar-refractivity contribution in [1.82, 2.24) is 4.90 Å². The fourth-order valence-corrected chi connectivity index (χ4v) is 2.46. The van der Waals surface area contributed by atoms with Crippen LogP contribution < -0.4 is 5.73 Å². The van der Waals surface area contributed by atoms with E-state index < -0.39 is 0 Å². The number of esters is 1. The normalized spacial score (nSPS) is 25.3. The van der Waals surface area contributed by atoms with Gasteiger partial charge in [0, 0.05) is 18.6 Å². The van der Waals surface area contributed by atoms with E-state index in [2.05, 4.69) is 18.7 Å². The molecular formula is C13H26N2O2. The second-order valence-electron chi connectivity index (χ2n) is 5.11. The molecule has 1 fully saturated rings. The quantitative estimate of drug-likeness (QED) is 0.740. The molecule has 0 aromatic heterocycles. The van der Waals surface area contributed by atoms with Crippen molar-refractivity contribution >= 4 is 5.97 Å². The molecule has 4 heteroatoms. The van der Waals surface area contributed by atoms with Crippen molar-refractivity contribution < 1.29 is 9.53 Å². The Hall–Kier alpha value is -0.610. The van der Waals surface area contributed by atoms with Gasteiger partial charge in [-0.2, -0.15) is 0 Å². The van der Waals surface area contributed by atoms with Gasteiger partial charge in [-0.05, 0) is 46.1 Å². The summed E-state index contributed by atoms with van der Waals surface area (Å²) in [6.07, 6.45) is 2.87. The topological polar surface area (TPSA) is 55.6 Å². The van der Waals surface area contributed by atoms with E-state index in [1.807, 2.05) is 6.92 Å². The first-order valence-corrected chi connectivity index (χ1v) is 6.69. The van der Waals surface area contributed by atoms with Crippen LogP contribution in [-0.2, 0) is 9.53 Å². The van der Waals surface area contributed by atoms with Crippen molar-refractivity contribution in [1.29, 1.82) is 0 Å². The van der Waals surface area contributed by atoms with Crippen LogP contribution in [0.15, 0.2) is 0 Å². The van der Waals surface area contributed by atoms with Crippen molar-refractivity contribution in [3.63, 3.8) is 0 Å². The molecule has 0 aromatic rings. The summed E-state index contributed by atoms with van der Waals surface area (Å²) in [5.41, 5.74) is 5.96. The molecule has 1 aliphatic rings.